The van der Waals surface area contributed by atoms with Gasteiger partial charge in [0.15, 0.2) is 6.04 Å². The van der Waals surface area contributed by atoms with Crippen LogP contribution in [0.2, 0.25) is 0 Å². The second-order valence-corrected chi connectivity index (χ2v) is 12.2. The Morgan fingerprint density at radius 3 is 1.89 bits per heavy atom. The molecule has 0 aliphatic rings. The van der Waals surface area contributed by atoms with E-state index in [0.29, 0.717) is 23.4 Å². The average Bonchev–Trinajstić information content (AvgIpc) is 2.92. The molecule has 0 aliphatic carbocycles. The lowest BCUT2D eigenvalue weighted by atomic mass is 9.89. The molecule has 240 valence electrons. The van der Waals surface area contributed by atoms with Gasteiger partial charge in [-0.2, -0.15) is 0 Å². The molecule has 0 aliphatic heterocycles. The molecule has 0 radical (unpaired) electrons. The standard InChI is InChI=1S/C32H44N4O8/c1-20(2)17-24(21-11-13-23(14-12-21)34-31(43)33-22-9-7-6-8-10-22)28(38)36-25(29(39)40)15-16-44-19-26(30(41)42)35-27(37)18-32(3,4)5/h6-14,20,24-26H,15-19H2,1-5H3,(H,35,37)(H,36,38)(H,39,40)(H,41,42)(H2,33,34,43). The Kier molecular flexibility index (Phi) is 13.8. The van der Waals surface area contributed by atoms with Gasteiger partial charge in [-0.25, -0.2) is 14.4 Å². The topological polar surface area (TPSA) is 183 Å². The lowest BCUT2D eigenvalue weighted by molar-refractivity contribution is -0.145. The zero-order valence-corrected chi connectivity index (χ0v) is 25.9. The van der Waals surface area contributed by atoms with Gasteiger partial charge in [0.05, 0.1) is 12.5 Å². The highest BCUT2D eigenvalue weighted by Crippen LogP contribution is 2.26. The second-order valence-electron chi connectivity index (χ2n) is 12.2. The van der Waals surface area contributed by atoms with E-state index in [9.17, 15) is 34.2 Å². The SMILES string of the molecule is CC(C)CC(C(=O)NC(CCOCC(NC(=O)CC(C)(C)C)C(=O)O)C(=O)O)c1ccc(NC(=O)Nc2ccccc2)cc1. The normalized spacial score (nSPS) is 13.3. The van der Waals surface area contributed by atoms with E-state index in [4.69, 9.17) is 4.74 Å². The first-order valence-corrected chi connectivity index (χ1v) is 14.5. The Labute approximate surface area is 257 Å². The van der Waals surface area contributed by atoms with E-state index in [0.717, 1.165) is 0 Å². The molecule has 4 amide bonds. The first-order chi connectivity index (χ1) is 20.6. The van der Waals surface area contributed by atoms with Gasteiger partial charge >= 0.3 is 18.0 Å². The Hall–Kier alpha value is -4.45. The molecule has 12 nitrogen and oxygen atoms in total. The van der Waals surface area contributed by atoms with Crippen molar-refractivity contribution in [1.82, 2.24) is 10.6 Å². The predicted octanol–water partition coefficient (Wildman–Crippen LogP) is 4.44. The third-order valence-electron chi connectivity index (χ3n) is 6.40. The molecule has 0 spiro atoms. The molecule has 0 saturated carbocycles. The maximum absolute atomic E-state index is 13.3. The smallest absolute Gasteiger partial charge is 0.328 e. The van der Waals surface area contributed by atoms with E-state index in [1.165, 1.54) is 0 Å². The highest BCUT2D eigenvalue weighted by Gasteiger charge is 2.28. The number of amides is 4. The van der Waals surface area contributed by atoms with Gasteiger partial charge in [0.1, 0.15) is 6.04 Å². The molecule has 6 N–H and O–H groups in total. The van der Waals surface area contributed by atoms with Gasteiger partial charge in [0.25, 0.3) is 0 Å². The number of hydrogen-bond acceptors (Lipinski definition) is 6. The molecule has 2 aromatic rings. The van der Waals surface area contributed by atoms with Crippen LogP contribution in [0, 0.1) is 11.3 Å². The molecular weight excluding hydrogens is 568 g/mol. The van der Waals surface area contributed by atoms with Crippen LogP contribution in [0.5, 0.6) is 0 Å². The number of carbonyl (C=O) groups is 5. The molecule has 2 aromatic carbocycles. The molecule has 0 bridgehead atoms. The molecule has 0 heterocycles. The fourth-order valence-electron chi connectivity index (χ4n) is 4.31. The number of para-hydroxylation sites is 1. The van der Waals surface area contributed by atoms with E-state index in [-0.39, 0.29) is 37.4 Å². The highest BCUT2D eigenvalue weighted by molar-refractivity contribution is 5.99. The minimum Gasteiger partial charge on any atom is -0.480 e. The minimum atomic E-state index is -1.29. The van der Waals surface area contributed by atoms with Crippen LogP contribution in [0.1, 0.15) is 65.4 Å². The van der Waals surface area contributed by atoms with Crippen LogP contribution in [0.15, 0.2) is 54.6 Å². The van der Waals surface area contributed by atoms with Crippen molar-refractivity contribution in [1.29, 1.82) is 0 Å². The molecule has 0 fully saturated rings. The predicted molar refractivity (Wildman–Crippen MR) is 166 cm³/mol. The quantitative estimate of drug-likeness (QED) is 0.150. The average molecular weight is 613 g/mol. The van der Waals surface area contributed by atoms with Crippen molar-refractivity contribution in [2.24, 2.45) is 11.3 Å². The summed E-state index contributed by atoms with van der Waals surface area (Å²) < 4.78 is 5.39. The summed E-state index contributed by atoms with van der Waals surface area (Å²) in [5, 5.41) is 29.6. The fourth-order valence-corrected chi connectivity index (χ4v) is 4.31. The van der Waals surface area contributed by atoms with Crippen LogP contribution in [0.25, 0.3) is 0 Å². The number of ether oxygens (including phenoxy) is 1. The summed E-state index contributed by atoms with van der Waals surface area (Å²) >= 11 is 0. The molecule has 0 saturated heterocycles. The molecule has 2 rings (SSSR count). The van der Waals surface area contributed by atoms with Gasteiger partial charge in [-0.1, -0.05) is 65.0 Å². The first kappa shape index (κ1) is 35.7. The largest absolute Gasteiger partial charge is 0.480 e. The number of carboxylic acid groups (broad SMARTS) is 2. The zero-order valence-electron chi connectivity index (χ0n) is 25.9. The van der Waals surface area contributed by atoms with Crippen LogP contribution in [0.4, 0.5) is 16.2 Å². The zero-order chi connectivity index (χ0) is 32.9. The molecular formula is C32H44N4O8. The number of urea groups is 1. The third kappa shape index (κ3) is 13.2. The Morgan fingerprint density at radius 1 is 0.795 bits per heavy atom. The van der Waals surface area contributed by atoms with Gasteiger partial charge in [-0.15, -0.1) is 0 Å². The number of carbonyl (C=O) groups excluding carboxylic acids is 3. The highest BCUT2D eigenvalue weighted by atomic mass is 16.5. The van der Waals surface area contributed by atoms with Gasteiger partial charge in [0, 0.05) is 30.8 Å². The van der Waals surface area contributed by atoms with Gasteiger partial charge < -0.3 is 36.2 Å². The summed E-state index contributed by atoms with van der Waals surface area (Å²) in [4.78, 5) is 61.3. The number of nitrogens with one attached hydrogen (secondary N) is 4. The lowest BCUT2D eigenvalue weighted by Gasteiger charge is -2.23. The first-order valence-electron chi connectivity index (χ1n) is 14.5. The van der Waals surface area contributed by atoms with E-state index in [2.05, 4.69) is 21.3 Å². The molecule has 44 heavy (non-hydrogen) atoms. The summed E-state index contributed by atoms with van der Waals surface area (Å²) in [5.41, 5.74) is 1.48. The van der Waals surface area contributed by atoms with E-state index in [1.54, 1.807) is 48.5 Å². The van der Waals surface area contributed by atoms with Crippen LogP contribution < -0.4 is 21.3 Å². The third-order valence-corrected chi connectivity index (χ3v) is 6.40. The monoisotopic (exact) mass is 612 g/mol. The Morgan fingerprint density at radius 2 is 1.36 bits per heavy atom. The van der Waals surface area contributed by atoms with Crippen molar-refractivity contribution in [2.75, 3.05) is 23.8 Å². The maximum Gasteiger partial charge on any atom is 0.328 e. The van der Waals surface area contributed by atoms with Crippen LogP contribution in [0.3, 0.4) is 0 Å². The van der Waals surface area contributed by atoms with Crippen molar-refractivity contribution in [3.63, 3.8) is 0 Å². The van der Waals surface area contributed by atoms with Crippen LogP contribution >= 0.6 is 0 Å². The van der Waals surface area contributed by atoms with E-state index < -0.39 is 47.8 Å². The number of carboxylic acids is 2. The van der Waals surface area contributed by atoms with E-state index >= 15 is 0 Å². The Bertz CT molecular complexity index is 1260. The number of aliphatic carboxylic acids is 2. The molecule has 3 unspecified atom stereocenters. The van der Waals surface area contributed by atoms with Crippen molar-refractivity contribution < 1.29 is 38.9 Å². The molecule has 0 aromatic heterocycles. The number of anilines is 2. The fraction of sp³-hybridized carbons (Fsp3) is 0.469. The maximum atomic E-state index is 13.3. The second kappa shape index (κ2) is 17.0. The summed E-state index contributed by atoms with van der Waals surface area (Å²) in [5.74, 6) is -3.98. The number of benzene rings is 2. The van der Waals surface area contributed by atoms with Crippen LogP contribution in [-0.4, -0.2) is 65.3 Å². The minimum absolute atomic E-state index is 0.114. The van der Waals surface area contributed by atoms with Crippen molar-refractivity contribution >= 4 is 41.2 Å². The van der Waals surface area contributed by atoms with Gasteiger partial charge in [-0.3, -0.25) is 9.59 Å². The van der Waals surface area contributed by atoms with Crippen LogP contribution in [-0.2, 0) is 23.9 Å². The van der Waals surface area contributed by atoms with Crippen molar-refractivity contribution in [3.8, 4) is 0 Å². The van der Waals surface area contributed by atoms with Crippen molar-refractivity contribution in [3.05, 3.63) is 60.2 Å². The van der Waals surface area contributed by atoms with Gasteiger partial charge in [-0.05, 0) is 47.6 Å². The molecule has 12 heteroatoms. The summed E-state index contributed by atoms with van der Waals surface area (Å²) in [6.45, 7) is 8.95. The Balaban J connectivity index is 1.98. The van der Waals surface area contributed by atoms with Crippen molar-refractivity contribution in [2.45, 2.75) is 71.9 Å². The summed E-state index contributed by atoms with van der Waals surface area (Å²) in [7, 11) is 0. The summed E-state index contributed by atoms with van der Waals surface area (Å²) in [6, 6.07) is 12.7. The summed E-state index contributed by atoms with van der Waals surface area (Å²) in [6.07, 6.45) is 0.464. The molecule has 3 atom stereocenters. The van der Waals surface area contributed by atoms with E-state index in [1.807, 2.05) is 40.7 Å². The number of hydrogen-bond donors (Lipinski definition) is 6. The number of rotatable bonds is 16. The van der Waals surface area contributed by atoms with Gasteiger partial charge in [0.2, 0.25) is 11.8 Å². The lowest BCUT2D eigenvalue weighted by Crippen LogP contribution is -2.46.